The highest BCUT2D eigenvalue weighted by molar-refractivity contribution is 5.97. The molecule has 1 amide bonds. The van der Waals surface area contributed by atoms with Gasteiger partial charge < -0.3 is 15.0 Å². The van der Waals surface area contributed by atoms with E-state index in [0.717, 1.165) is 29.7 Å². The molecule has 3 rings (SSSR count). The molecule has 1 fully saturated rings. The van der Waals surface area contributed by atoms with Gasteiger partial charge in [-0.15, -0.1) is 0 Å². The summed E-state index contributed by atoms with van der Waals surface area (Å²) in [5.74, 6) is 1.35. The number of imidazole rings is 1. The van der Waals surface area contributed by atoms with E-state index in [2.05, 4.69) is 10.3 Å². The third-order valence-electron chi connectivity index (χ3n) is 5.34. The van der Waals surface area contributed by atoms with Gasteiger partial charge in [-0.05, 0) is 50.3 Å². The molecule has 5 nitrogen and oxygen atoms in total. The predicted molar refractivity (Wildman–Crippen MR) is 95.0 cm³/mol. The van der Waals surface area contributed by atoms with Crippen LogP contribution in [0.4, 0.5) is 0 Å². The Morgan fingerprint density at radius 2 is 2.12 bits per heavy atom. The molecule has 1 aliphatic rings. The number of hydrogen-bond acceptors (Lipinski definition) is 3. The van der Waals surface area contributed by atoms with Crippen LogP contribution in [0.1, 0.15) is 54.7 Å². The molecule has 0 aliphatic heterocycles. The van der Waals surface area contributed by atoms with Crippen LogP contribution in [0, 0.1) is 12.8 Å². The van der Waals surface area contributed by atoms with Crippen molar-refractivity contribution >= 4 is 16.9 Å². The van der Waals surface area contributed by atoms with Crippen LogP contribution in [-0.4, -0.2) is 33.2 Å². The lowest BCUT2D eigenvalue weighted by Crippen LogP contribution is -2.41. The van der Waals surface area contributed by atoms with Crippen LogP contribution >= 0.6 is 0 Å². The van der Waals surface area contributed by atoms with Gasteiger partial charge in [0.1, 0.15) is 5.82 Å². The fraction of sp³-hybridized carbons (Fsp3) is 0.579. The highest BCUT2D eigenvalue weighted by Gasteiger charge is 2.25. The van der Waals surface area contributed by atoms with E-state index in [1.807, 2.05) is 36.7 Å². The number of rotatable bonds is 5. The Morgan fingerprint density at radius 3 is 2.83 bits per heavy atom. The second-order valence-corrected chi connectivity index (χ2v) is 6.91. The molecule has 24 heavy (non-hydrogen) atoms. The van der Waals surface area contributed by atoms with Gasteiger partial charge in [-0.2, -0.15) is 0 Å². The predicted octanol–water partition coefficient (Wildman–Crippen LogP) is 2.94. The van der Waals surface area contributed by atoms with Crippen molar-refractivity contribution in [3.8, 4) is 0 Å². The van der Waals surface area contributed by atoms with Crippen LogP contribution < -0.4 is 5.32 Å². The third-order valence-corrected chi connectivity index (χ3v) is 5.34. The Balaban J connectivity index is 1.76. The first kappa shape index (κ1) is 17.0. The van der Waals surface area contributed by atoms with Gasteiger partial charge in [0.2, 0.25) is 0 Å². The van der Waals surface area contributed by atoms with Crippen molar-refractivity contribution in [2.75, 3.05) is 6.61 Å². The normalized spacial score (nSPS) is 17.1. The maximum Gasteiger partial charge on any atom is 0.251 e. The molecule has 0 radical (unpaired) electrons. The zero-order valence-electron chi connectivity index (χ0n) is 14.6. The molecular formula is C19H27N3O2. The molecule has 130 valence electrons. The molecule has 0 spiro atoms. The van der Waals surface area contributed by atoms with Gasteiger partial charge in [0.25, 0.3) is 5.91 Å². The molecule has 2 N–H and O–H groups in total. The Hall–Kier alpha value is -1.88. The standard InChI is InChI=1S/C19H27N3O2/c1-13-20-17-12-15(8-9-18(17)22(13)2)19(24)21-16(10-11-23)14-6-4-3-5-7-14/h8-9,12,14,16,23H,3-7,10-11H2,1-2H3,(H,21,24). The van der Waals surface area contributed by atoms with Crippen LogP contribution in [0.15, 0.2) is 18.2 Å². The third kappa shape index (κ3) is 3.46. The van der Waals surface area contributed by atoms with Crippen molar-refractivity contribution in [2.45, 2.75) is 51.5 Å². The van der Waals surface area contributed by atoms with Gasteiger partial charge >= 0.3 is 0 Å². The first-order chi connectivity index (χ1) is 11.6. The lowest BCUT2D eigenvalue weighted by molar-refractivity contribution is 0.0899. The SMILES string of the molecule is Cc1nc2cc(C(=O)NC(CCO)C3CCCCC3)ccc2n1C. The maximum atomic E-state index is 12.7. The van der Waals surface area contributed by atoms with Crippen molar-refractivity contribution < 1.29 is 9.90 Å². The number of aliphatic hydroxyl groups is 1. The molecule has 5 heteroatoms. The molecular weight excluding hydrogens is 302 g/mol. The van der Waals surface area contributed by atoms with E-state index < -0.39 is 0 Å². The monoisotopic (exact) mass is 329 g/mol. The summed E-state index contributed by atoms with van der Waals surface area (Å²) in [4.78, 5) is 17.2. The van der Waals surface area contributed by atoms with Gasteiger partial charge in [0.15, 0.2) is 0 Å². The highest BCUT2D eigenvalue weighted by atomic mass is 16.3. The van der Waals surface area contributed by atoms with E-state index >= 15 is 0 Å². The zero-order chi connectivity index (χ0) is 17.1. The summed E-state index contributed by atoms with van der Waals surface area (Å²) in [6.07, 6.45) is 6.64. The lowest BCUT2D eigenvalue weighted by atomic mass is 9.82. The number of hydrogen-bond donors (Lipinski definition) is 2. The molecule has 1 aromatic heterocycles. The van der Waals surface area contributed by atoms with Crippen molar-refractivity contribution in [3.63, 3.8) is 0 Å². The average Bonchev–Trinajstić information content (AvgIpc) is 2.89. The van der Waals surface area contributed by atoms with E-state index in [1.165, 1.54) is 19.3 Å². The fourth-order valence-electron chi connectivity index (χ4n) is 3.81. The molecule has 0 saturated heterocycles. The minimum Gasteiger partial charge on any atom is -0.396 e. The van der Waals surface area contributed by atoms with Crippen LogP contribution in [-0.2, 0) is 7.05 Å². The van der Waals surface area contributed by atoms with Gasteiger partial charge in [0.05, 0.1) is 11.0 Å². The van der Waals surface area contributed by atoms with E-state index in [-0.39, 0.29) is 18.6 Å². The number of nitrogens with zero attached hydrogens (tertiary/aromatic N) is 2. The Morgan fingerprint density at radius 1 is 1.38 bits per heavy atom. The lowest BCUT2D eigenvalue weighted by Gasteiger charge is -2.30. The van der Waals surface area contributed by atoms with Gasteiger partial charge in [-0.1, -0.05) is 19.3 Å². The summed E-state index contributed by atoms with van der Waals surface area (Å²) in [6.45, 7) is 2.07. The second kappa shape index (κ2) is 7.34. The second-order valence-electron chi connectivity index (χ2n) is 6.91. The van der Waals surface area contributed by atoms with Crippen LogP contribution in [0.2, 0.25) is 0 Å². The molecule has 1 aliphatic carbocycles. The Labute approximate surface area is 143 Å². The quantitative estimate of drug-likeness (QED) is 0.886. The summed E-state index contributed by atoms with van der Waals surface area (Å²) in [5.41, 5.74) is 2.52. The summed E-state index contributed by atoms with van der Waals surface area (Å²) >= 11 is 0. The van der Waals surface area contributed by atoms with Gasteiger partial charge in [0, 0.05) is 25.3 Å². The molecule has 0 bridgehead atoms. The van der Waals surface area contributed by atoms with Crippen LogP contribution in [0.3, 0.4) is 0 Å². The van der Waals surface area contributed by atoms with Gasteiger partial charge in [-0.3, -0.25) is 4.79 Å². The molecule has 1 atom stereocenters. The number of carbonyl (C=O) groups is 1. The van der Waals surface area contributed by atoms with Gasteiger partial charge in [-0.25, -0.2) is 4.98 Å². The summed E-state index contributed by atoms with van der Waals surface area (Å²) < 4.78 is 2.02. The van der Waals surface area contributed by atoms with Crippen LogP contribution in [0.25, 0.3) is 11.0 Å². The number of benzene rings is 1. The molecule has 1 heterocycles. The van der Waals surface area contributed by atoms with E-state index in [0.29, 0.717) is 17.9 Å². The first-order valence-corrected chi connectivity index (χ1v) is 8.95. The van der Waals surface area contributed by atoms with Crippen molar-refractivity contribution in [1.82, 2.24) is 14.9 Å². The van der Waals surface area contributed by atoms with Crippen LogP contribution in [0.5, 0.6) is 0 Å². The minimum atomic E-state index is -0.0655. The Bertz CT molecular complexity index is 717. The molecule has 1 aromatic carbocycles. The highest BCUT2D eigenvalue weighted by Crippen LogP contribution is 2.28. The summed E-state index contributed by atoms with van der Waals surface area (Å²) in [5, 5.41) is 12.5. The number of aromatic nitrogens is 2. The number of carbonyl (C=O) groups excluding carboxylic acids is 1. The molecule has 1 saturated carbocycles. The van der Waals surface area contributed by atoms with Crippen molar-refractivity contribution in [2.24, 2.45) is 13.0 Å². The minimum absolute atomic E-state index is 0.0592. The number of nitrogens with one attached hydrogen (secondary N) is 1. The Kier molecular flexibility index (Phi) is 5.19. The number of aryl methyl sites for hydroxylation is 2. The van der Waals surface area contributed by atoms with Crippen molar-refractivity contribution in [3.05, 3.63) is 29.6 Å². The van der Waals surface area contributed by atoms with E-state index in [4.69, 9.17) is 0 Å². The van der Waals surface area contributed by atoms with E-state index in [9.17, 15) is 9.90 Å². The molecule has 1 unspecified atom stereocenters. The first-order valence-electron chi connectivity index (χ1n) is 8.95. The number of fused-ring (bicyclic) bond motifs is 1. The smallest absolute Gasteiger partial charge is 0.251 e. The maximum absolute atomic E-state index is 12.7. The summed E-state index contributed by atoms with van der Waals surface area (Å²) in [7, 11) is 1.98. The fourth-order valence-corrected chi connectivity index (χ4v) is 3.81. The number of amides is 1. The van der Waals surface area contributed by atoms with Crippen molar-refractivity contribution in [1.29, 1.82) is 0 Å². The topological polar surface area (TPSA) is 67.2 Å². The zero-order valence-corrected chi connectivity index (χ0v) is 14.6. The average molecular weight is 329 g/mol. The largest absolute Gasteiger partial charge is 0.396 e. The number of aliphatic hydroxyl groups excluding tert-OH is 1. The summed E-state index contributed by atoms with van der Waals surface area (Å²) in [6, 6.07) is 5.72. The molecule has 2 aromatic rings. The van der Waals surface area contributed by atoms with E-state index in [1.54, 1.807) is 0 Å².